The Hall–Kier alpha value is -0.980. The van der Waals surface area contributed by atoms with Gasteiger partial charge in [-0.05, 0) is 42.9 Å². The van der Waals surface area contributed by atoms with Crippen LogP contribution in [0.1, 0.15) is 38.7 Å². The molecule has 6 heteroatoms. The zero-order chi connectivity index (χ0) is 15.6. The normalized spacial score (nSPS) is 26.2. The van der Waals surface area contributed by atoms with Gasteiger partial charge in [0.15, 0.2) is 0 Å². The smallest absolute Gasteiger partial charge is 0.240 e. The standard InChI is InChI=1S/C15H23FN2O2S/c1-3-11-4-7-15(10(11)2)18-21(19,20)13-5-6-14(16)12(8-13)9-17/h5-6,8,10-11,15,18H,3-4,7,9,17H2,1-2H3. The van der Waals surface area contributed by atoms with Gasteiger partial charge in [-0.1, -0.05) is 20.3 Å². The van der Waals surface area contributed by atoms with Gasteiger partial charge in [0.05, 0.1) is 4.90 Å². The topological polar surface area (TPSA) is 72.2 Å². The van der Waals surface area contributed by atoms with Gasteiger partial charge in [-0.25, -0.2) is 17.5 Å². The van der Waals surface area contributed by atoms with Gasteiger partial charge in [0.25, 0.3) is 0 Å². The molecule has 0 spiro atoms. The molecule has 0 aromatic heterocycles. The first-order valence-corrected chi connectivity index (χ1v) is 8.88. The summed E-state index contributed by atoms with van der Waals surface area (Å²) in [4.78, 5) is 0.0801. The molecule has 0 aliphatic heterocycles. The monoisotopic (exact) mass is 314 g/mol. The van der Waals surface area contributed by atoms with Crippen molar-refractivity contribution in [3.8, 4) is 0 Å². The molecule has 21 heavy (non-hydrogen) atoms. The maximum atomic E-state index is 13.4. The van der Waals surface area contributed by atoms with Crippen molar-refractivity contribution in [3.05, 3.63) is 29.6 Å². The van der Waals surface area contributed by atoms with E-state index < -0.39 is 15.8 Å². The van der Waals surface area contributed by atoms with E-state index in [0.717, 1.165) is 25.3 Å². The maximum Gasteiger partial charge on any atom is 0.240 e. The molecule has 0 saturated heterocycles. The Morgan fingerprint density at radius 1 is 1.38 bits per heavy atom. The van der Waals surface area contributed by atoms with Crippen molar-refractivity contribution >= 4 is 10.0 Å². The Balaban J connectivity index is 2.19. The average molecular weight is 314 g/mol. The molecule has 0 bridgehead atoms. The van der Waals surface area contributed by atoms with Crippen LogP contribution < -0.4 is 10.5 Å². The van der Waals surface area contributed by atoms with Gasteiger partial charge in [0.1, 0.15) is 5.82 Å². The number of rotatable bonds is 5. The molecule has 4 nitrogen and oxygen atoms in total. The molecule has 2 rings (SSSR count). The van der Waals surface area contributed by atoms with Crippen LogP contribution in [-0.2, 0) is 16.6 Å². The highest BCUT2D eigenvalue weighted by Crippen LogP contribution is 2.34. The summed E-state index contributed by atoms with van der Waals surface area (Å²) < 4.78 is 41.1. The fraction of sp³-hybridized carbons (Fsp3) is 0.600. The van der Waals surface area contributed by atoms with Crippen LogP contribution >= 0.6 is 0 Å². The van der Waals surface area contributed by atoms with Gasteiger partial charge in [-0.3, -0.25) is 0 Å². The molecule has 0 heterocycles. The molecule has 1 aliphatic rings. The van der Waals surface area contributed by atoms with Gasteiger partial charge >= 0.3 is 0 Å². The van der Waals surface area contributed by atoms with Crippen LogP contribution in [0.5, 0.6) is 0 Å². The Morgan fingerprint density at radius 3 is 2.67 bits per heavy atom. The van der Waals surface area contributed by atoms with E-state index in [9.17, 15) is 12.8 Å². The Kier molecular flexibility index (Phi) is 5.01. The molecule has 0 amide bonds. The molecule has 118 valence electrons. The predicted molar refractivity (Wildman–Crippen MR) is 80.6 cm³/mol. The summed E-state index contributed by atoms with van der Waals surface area (Å²) in [6.45, 7) is 4.20. The lowest BCUT2D eigenvalue weighted by molar-refractivity contribution is 0.368. The van der Waals surface area contributed by atoms with Crippen LogP contribution in [0.3, 0.4) is 0 Å². The third kappa shape index (κ3) is 3.44. The number of halogens is 1. The SMILES string of the molecule is CCC1CCC(NS(=O)(=O)c2ccc(F)c(CN)c2)C1C. The van der Waals surface area contributed by atoms with Crippen molar-refractivity contribution < 1.29 is 12.8 Å². The number of nitrogens with two attached hydrogens (primary N) is 1. The van der Waals surface area contributed by atoms with Gasteiger partial charge in [-0.2, -0.15) is 0 Å². The van der Waals surface area contributed by atoms with Crippen molar-refractivity contribution in [2.24, 2.45) is 17.6 Å². The summed E-state index contributed by atoms with van der Waals surface area (Å²) in [5.74, 6) is 0.404. The third-order valence-electron chi connectivity index (χ3n) is 4.61. The molecule has 3 unspecified atom stereocenters. The van der Waals surface area contributed by atoms with Crippen LogP contribution in [-0.4, -0.2) is 14.5 Å². The summed E-state index contributed by atoms with van der Waals surface area (Å²) in [6.07, 6.45) is 2.96. The molecule has 1 aromatic rings. The van der Waals surface area contributed by atoms with Crippen molar-refractivity contribution in [1.82, 2.24) is 4.72 Å². The lowest BCUT2D eigenvalue weighted by Gasteiger charge is -2.21. The van der Waals surface area contributed by atoms with Crippen molar-refractivity contribution in [2.45, 2.75) is 50.6 Å². The minimum Gasteiger partial charge on any atom is -0.326 e. The maximum absolute atomic E-state index is 13.4. The summed E-state index contributed by atoms with van der Waals surface area (Å²) in [5, 5.41) is 0. The first-order valence-electron chi connectivity index (χ1n) is 7.39. The highest BCUT2D eigenvalue weighted by Gasteiger charge is 2.34. The predicted octanol–water partition coefficient (Wildman–Crippen LogP) is 2.39. The summed E-state index contributed by atoms with van der Waals surface area (Å²) >= 11 is 0. The van der Waals surface area contributed by atoms with Gasteiger partial charge < -0.3 is 5.73 Å². The zero-order valence-electron chi connectivity index (χ0n) is 12.5. The zero-order valence-corrected chi connectivity index (χ0v) is 13.3. The van der Waals surface area contributed by atoms with E-state index in [2.05, 4.69) is 18.6 Å². The Labute approximate surface area is 126 Å². The largest absolute Gasteiger partial charge is 0.326 e. The molecular formula is C15H23FN2O2S. The van der Waals surface area contributed by atoms with E-state index in [1.54, 1.807) is 0 Å². The molecule has 1 aliphatic carbocycles. The molecule has 3 atom stereocenters. The van der Waals surface area contributed by atoms with Gasteiger partial charge in [0, 0.05) is 18.2 Å². The molecular weight excluding hydrogens is 291 g/mol. The fourth-order valence-electron chi connectivity index (χ4n) is 3.13. The fourth-order valence-corrected chi connectivity index (χ4v) is 4.54. The van der Waals surface area contributed by atoms with Crippen LogP contribution in [0.2, 0.25) is 0 Å². The molecule has 0 radical (unpaired) electrons. The van der Waals surface area contributed by atoms with E-state index in [4.69, 9.17) is 5.73 Å². The highest BCUT2D eigenvalue weighted by molar-refractivity contribution is 7.89. The number of nitrogens with one attached hydrogen (secondary N) is 1. The first kappa shape index (κ1) is 16.4. The minimum absolute atomic E-state index is 0.0209. The van der Waals surface area contributed by atoms with Crippen LogP contribution in [0, 0.1) is 17.7 Å². The summed E-state index contributed by atoms with van der Waals surface area (Å²) in [7, 11) is -3.63. The van der Waals surface area contributed by atoms with Gasteiger partial charge in [-0.15, -0.1) is 0 Å². The second-order valence-corrected chi connectivity index (χ2v) is 7.50. The van der Waals surface area contributed by atoms with Crippen LogP contribution in [0.25, 0.3) is 0 Å². The van der Waals surface area contributed by atoms with Gasteiger partial charge in [0.2, 0.25) is 10.0 Å². The quantitative estimate of drug-likeness (QED) is 0.876. The van der Waals surface area contributed by atoms with Crippen molar-refractivity contribution in [2.75, 3.05) is 0 Å². The number of hydrogen-bond donors (Lipinski definition) is 2. The second kappa shape index (κ2) is 6.42. The highest BCUT2D eigenvalue weighted by atomic mass is 32.2. The molecule has 1 aromatic carbocycles. The summed E-state index contributed by atoms with van der Waals surface area (Å²) in [6, 6.07) is 3.71. The number of hydrogen-bond acceptors (Lipinski definition) is 3. The average Bonchev–Trinajstić information content (AvgIpc) is 2.79. The number of sulfonamides is 1. The Bertz CT molecular complexity index is 604. The van der Waals surface area contributed by atoms with Crippen molar-refractivity contribution in [3.63, 3.8) is 0 Å². The summed E-state index contributed by atoms with van der Waals surface area (Å²) in [5.41, 5.74) is 5.64. The molecule has 3 N–H and O–H groups in total. The molecule has 1 saturated carbocycles. The lowest BCUT2D eigenvalue weighted by atomic mass is 9.94. The Morgan fingerprint density at radius 2 is 2.10 bits per heavy atom. The van der Waals surface area contributed by atoms with Crippen LogP contribution in [0.4, 0.5) is 4.39 Å². The van der Waals surface area contributed by atoms with E-state index in [0.29, 0.717) is 11.8 Å². The van der Waals surface area contributed by atoms with E-state index in [-0.39, 0.29) is 23.0 Å². The lowest BCUT2D eigenvalue weighted by Crippen LogP contribution is -2.37. The van der Waals surface area contributed by atoms with Crippen molar-refractivity contribution in [1.29, 1.82) is 0 Å². The third-order valence-corrected chi connectivity index (χ3v) is 6.09. The molecule has 1 fully saturated rings. The number of benzene rings is 1. The van der Waals surface area contributed by atoms with E-state index >= 15 is 0 Å². The van der Waals surface area contributed by atoms with E-state index in [1.807, 2.05) is 0 Å². The minimum atomic E-state index is -3.63. The van der Waals surface area contributed by atoms with Crippen LogP contribution in [0.15, 0.2) is 23.1 Å². The van der Waals surface area contributed by atoms with E-state index in [1.165, 1.54) is 12.1 Å². The first-order chi connectivity index (χ1) is 9.89. The second-order valence-electron chi connectivity index (χ2n) is 5.79.